The van der Waals surface area contributed by atoms with Crippen molar-refractivity contribution in [3.8, 4) is 5.75 Å². The molecule has 1 fully saturated rings. The number of barbiturate groups is 1. The van der Waals surface area contributed by atoms with E-state index in [1.165, 1.54) is 6.08 Å². The summed E-state index contributed by atoms with van der Waals surface area (Å²) >= 11 is 3.36. The zero-order chi connectivity index (χ0) is 26.7. The largest absolute Gasteiger partial charge is 0.484 e. The number of carbonyl (C=O) groups excluding carboxylic acids is 4. The lowest BCUT2D eigenvalue weighted by atomic mass is 10.1. The Bertz CT molecular complexity index is 1460. The Balaban J connectivity index is 1.49. The summed E-state index contributed by atoms with van der Waals surface area (Å²) in [5, 5.41) is 5.01. The number of amides is 5. The summed E-state index contributed by atoms with van der Waals surface area (Å²) in [4.78, 5) is 51.5. The summed E-state index contributed by atoms with van der Waals surface area (Å²) < 4.78 is 6.41. The van der Waals surface area contributed by atoms with Gasteiger partial charge in [0, 0.05) is 10.2 Å². The fourth-order valence-corrected chi connectivity index (χ4v) is 4.25. The number of anilines is 2. The smallest absolute Gasteiger partial charge is 0.335 e. The number of benzene rings is 3. The summed E-state index contributed by atoms with van der Waals surface area (Å²) in [5.74, 6) is -1.48. The van der Waals surface area contributed by atoms with E-state index in [0.717, 1.165) is 20.5 Å². The molecule has 0 aliphatic carbocycles. The van der Waals surface area contributed by atoms with Gasteiger partial charge in [-0.1, -0.05) is 34.1 Å². The van der Waals surface area contributed by atoms with E-state index in [4.69, 9.17) is 4.74 Å². The van der Waals surface area contributed by atoms with Crippen LogP contribution in [0.15, 0.2) is 70.7 Å². The molecule has 8 nitrogen and oxygen atoms in total. The Kier molecular flexibility index (Phi) is 7.54. The minimum absolute atomic E-state index is 0.202. The number of halogens is 1. The maximum Gasteiger partial charge on any atom is 0.335 e. The molecule has 5 amide bonds. The SMILES string of the molecule is Cc1ccc(NC(=O)COc2cccc(/C=C3\C(=O)NC(=O)N(c4ccc(Br)cc4C)C3=O)c2)cc1C. The number of nitrogens with zero attached hydrogens (tertiary/aromatic N) is 1. The minimum Gasteiger partial charge on any atom is -0.484 e. The Labute approximate surface area is 222 Å². The number of hydrogen-bond acceptors (Lipinski definition) is 5. The number of imide groups is 2. The van der Waals surface area contributed by atoms with E-state index in [1.807, 2.05) is 32.0 Å². The molecule has 9 heteroatoms. The Hall–Kier alpha value is -4.24. The van der Waals surface area contributed by atoms with Crippen molar-refractivity contribution in [3.05, 3.63) is 93.0 Å². The van der Waals surface area contributed by atoms with Crippen LogP contribution in [0, 0.1) is 20.8 Å². The summed E-state index contributed by atoms with van der Waals surface area (Å²) in [6, 6.07) is 16.5. The van der Waals surface area contributed by atoms with Gasteiger partial charge in [0.2, 0.25) is 0 Å². The fraction of sp³-hybridized carbons (Fsp3) is 0.143. The molecule has 1 aliphatic heterocycles. The number of rotatable bonds is 6. The van der Waals surface area contributed by atoms with Crippen molar-refractivity contribution in [1.29, 1.82) is 0 Å². The summed E-state index contributed by atoms with van der Waals surface area (Å²) in [5.41, 5.74) is 4.22. The average Bonchev–Trinajstić information content (AvgIpc) is 2.84. The monoisotopic (exact) mass is 561 g/mol. The van der Waals surface area contributed by atoms with Crippen LogP contribution in [0.5, 0.6) is 5.75 Å². The average molecular weight is 562 g/mol. The van der Waals surface area contributed by atoms with Crippen LogP contribution >= 0.6 is 15.9 Å². The molecule has 1 aliphatic rings. The van der Waals surface area contributed by atoms with Crippen LogP contribution in [-0.4, -0.2) is 30.4 Å². The summed E-state index contributed by atoms with van der Waals surface area (Å²) in [6.45, 7) is 5.50. The van der Waals surface area contributed by atoms with Crippen molar-refractivity contribution in [3.63, 3.8) is 0 Å². The third-order valence-electron chi connectivity index (χ3n) is 5.83. The first-order valence-electron chi connectivity index (χ1n) is 11.4. The first-order chi connectivity index (χ1) is 17.6. The predicted octanol–water partition coefficient (Wildman–Crippen LogP) is 5.06. The van der Waals surface area contributed by atoms with Gasteiger partial charge in [-0.25, -0.2) is 9.69 Å². The summed E-state index contributed by atoms with van der Waals surface area (Å²) in [6.07, 6.45) is 1.38. The summed E-state index contributed by atoms with van der Waals surface area (Å²) in [7, 11) is 0. The molecule has 0 saturated carbocycles. The molecule has 1 heterocycles. The van der Waals surface area contributed by atoms with Gasteiger partial charge in [-0.05, 0) is 91.6 Å². The Morgan fingerprint density at radius 2 is 1.76 bits per heavy atom. The molecule has 188 valence electrons. The number of carbonyl (C=O) groups is 4. The standard InChI is InChI=1S/C28H24BrN3O5/c1-16-7-9-21(12-17(16)2)30-25(33)15-37-22-6-4-5-19(13-22)14-23-26(34)31-28(36)32(27(23)35)24-10-8-20(29)11-18(24)3/h4-14H,15H2,1-3H3,(H,30,33)(H,31,34,36)/b23-14+. The second-order valence-electron chi connectivity index (χ2n) is 8.60. The quantitative estimate of drug-likeness (QED) is 0.323. The lowest BCUT2D eigenvalue weighted by molar-refractivity contribution is -0.122. The fourth-order valence-electron chi connectivity index (χ4n) is 3.77. The number of hydrogen-bond donors (Lipinski definition) is 2. The van der Waals surface area contributed by atoms with E-state index in [2.05, 4.69) is 26.6 Å². The molecule has 0 aromatic heterocycles. The molecule has 0 atom stereocenters. The maximum atomic E-state index is 13.2. The highest BCUT2D eigenvalue weighted by Crippen LogP contribution is 2.28. The maximum absolute atomic E-state index is 13.2. The van der Waals surface area contributed by atoms with Gasteiger partial charge in [0.25, 0.3) is 17.7 Å². The first-order valence-corrected chi connectivity index (χ1v) is 12.2. The van der Waals surface area contributed by atoms with Crippen LogP contribution in [0.25, 0.3) is 6.08 Å². The number of urea groups is 1. The molecule has 0 bridgehead atoms. The van der Waals surface area contributed by atoms with E-state index in [-0.39, 0.29) is 18.1 Å². The second kappa shape index (κ2) is 10.8. The van der Waals surface area contributed by atoms with Crippen molar-refractivity contribution in [2.45, 2.75) is 20.8 Å². The van der Waals surface area contributed by atoms with Crippen LogP contribution < -0.4 is 20.3 Å². The number of aryl methyl sites for hydroxylation is 3. The number of nitrogens with one attached hydrogen (secondary N) is 2. The molecule has 3 aromatic rings. The van der Waals surface area contributed by atoms with Gasteiger partial charge < -0.3 is 10.1 Å². The molecule has 3 aromatic carbocycles. The van der Waals surface area contributed by atoms with Crippen molar-refractivity contribution >= 4 is 57.1 Å². The van der Waals surface area contributed by atoms with Gasteiger partial charge in [0.1, 0.15) is 11.3 Å². The van der Waals surface area contributed by atoms with Crippen LogP contribution in [-0.2, 0) is 14.4 Å². The third kappa shape index (κ3) is 5.95. The van der Waals surface area contributed by atoms with Crippen LogP contribution in [0.2, 0.25) is 0 Å². The zero-order valence-electron chi connectivity index (χ0n) is 20.4. The van der Waals surface area contributed by atoms with E-state index in [1.54, 1.807) is 49.4 Å². The number of ether oxygens (including phenoxy) is 1. The van der Waals surface area contributed by atoms with Crippen molar-refractivity contribution in [2.75, 3.05) is 16.8 Å². The van der Waals surface area contributed by atoms with E-state index >= 15 is 0 Å². The lowest BCUT2D eigenvalue weighted by Crippen LogP contribution is -2.54. The topological polar surface area (TPSA) is 105 Å². The van der Waals surface area contributed by atoms with Gasteiger partial charge in [0.05, 0.1) is 5.69 Å². The molecule has 37 heavy (non-hydrogen) atoms. The molecular weight excluding hydrogens is 538 g/mol. The Morgan fingerprint density at radius 1 is 0.973 bits per heavy atom. The minimum atomic E-state index is -0.815. The highest BCUT2D eigenvalue weighted by molar-refractivity contribution is 9.10. The van der Waals surface area contributed by atoms with Gasteiger partial charge in [-0.3, -0.25) is 19.7 Å². The Morgan fingerprint density at radius 3 is 2.49 bits per heavy atom. The second-order valence-corrected chi connectivity index (χ2v) is 9.51. The lowest BCUT2D eigenvalue weighted by Gasteiger charge is -2.27. The molecule has 4 rings (SSSR count). The van der Waals surface area contributed by atoms with Gasteiger partial charge >= 0.3 is 6.03 Å². The van der Waals surface area contributed by atoms with Crippen molar-refractivity contribution in [1.82, 2.24) is 5.32 Å². The highest BCUT2D eigenvalue weighted by atomic mass is 79.9. The normalized spacial score (nSPS) is 14.5. The zero-order valence-corrected chi connectivity index (χ0v) is 22.0. The van der Waals surface area contributed by atoms with Gasteiger partial charge in [0.15, 0.2) is 6.61 Å². The molecule has 0 spiro atoms. The highest BCUT2D eigenvalue weighted by Gasteiger charge is 2.37. The van der Waals surface area contributed by atoms with Crippen LogP contribution in [0.4, 0.5) is 16.2 Å². The predicted molar refractivity (Wildman–Crippen MR) is 144 cm³/mol. The van der Waals surface area contributed by atoms with E-state index < -0.39 is 17.8 Å². The van der Waals surface area contributed by atoms with Crippen molar-refractivity contribution < 1.29 is 23.9 Å². The first kappa shape index (κ1) is 25.8. The molecule has 0 radical (unpaired) electrons. The van der Waals surface area contributed by atoms with Gasteiger partial charge in [-0.2, -0.15) is 0 Å². The van der Waals surface area contributed by atoms with E-state index in [0.29, 0.717) is 28.3 Å². The van der Waals surface area contributed by atoms with Crippen LogP contribution in [0.3, 0.4) is 0 Å². The van der Waals surface area contributed by atoms with Crippen molar-refractivity contribution in [2.24, 2.45) is 0 Å². The van der Waals surface area contributed by atoms with E-state index in [9.17, 15) is 19.2 Å². The molecular formula is C28H24BrN3O5. The van der Waals surface area contributed by atoms with Crippen LogP contribution in [0.1, 0.15) is 22.3 Å². The molecule has 0 unspecified atom stereocenters. The molecule has 2 N–H and O–H groups in total. The third-order valence-corrected chi connectivity index (χ3v) is 6.32. The van der Waals surface area contributed by atoms with Gasteiger partial charge in [-0.15, -0.1) is 0 Å². The molecule has 1 saturated heterocycles.